The third-order valence-corrected chi connectivity index (χ3v) is 11.2. The number of hydrogen-bond donors (Lipinski definition) is 1. The number of anilines is 1. The second-order valence-corrected chi connectivity index (χ2v) is 15.2. The lowest BCUT2D eigenvalue weighted by Crippen LogP contribution is -2.55. The maximum absolute atomic E-state index is 14.7. The largest absolute Gasteiger partial charge is 0.352 e. The first-order valence-corrected chi connectivity index (χ1v) is 18.5. The highest BCUT2D eigenvalue weighted by Gasteiger charge is 2.35. The van der Waals surface area contributed by atoms with Crippen molar-refractivity contribution in [3.05, 3.63) is 129 Å². The molecule has 2 amide bonds. The molecule has 246 valence electrons. The SMILES string of the molecule is O=C(NC1CCCCC1)C(Cc1ccccc1)N(Cc1ccc(Cl)cc1Cl)C(=O)CN(c1cccc(Br)c1)S(=O)(=O)c1ccccc1. The molecule has 11 heteroatoms. The van der Waals surface area contributed by atoms with Crippen LogP contribution in [0.5, 0.6) is 0 Å². The Bertz CT molecular complexity index is 1790. The Labute approximate surface area is 295 Å². The number of carbonyl (C=O) groups is 2. The van der Waals surface area contributed by atoms with E-state index in [4.69, 9.17) is 23.2 Å². The summed E-state index contributed by atoms with van der Waals surface area (Å²) in [4.78, 5) is 30.4. The molecule has 0 aliphatic heterocycles. The lowest BCUT2D eigenvalue weighted by atomic mass is 9.94. The van der Waals surface area contributed by atoms with Gasteiger partial charge in [0.2, 0.25) is 11.8 Å². The van der Waals surface area contributed by atoms with Crippen LogP contribution in [0.25, 0.3) is 0 Å². The molecule has 4 aromatic rings. The van der Waals surface area contributed by atoms with Crippen LogP contribution in [-0.2, 0) is 32.6 Å². The first-order valence-electron chi connectivity index (χ1n) is 15.5. The molecule has 0 spiro atoms. The van der Waals surface area contributed by atoms with Gasteiger partial charge in [0.15, 0.2) is 0 Å². The van der Waals surface area contributed by atoms with E-state index in [-0.39, 0.29) is 29.8 Å². The Morgan fingerprint density at radius 2 is 1.53 bits per heavy atom. The lowest BCUT2D eigenvalue weighted by molar-refractivity contribution is -0.140. The van der Waals surface area contributed by atoms with Gasteiger partial charge in [-0.1, -0.05) is 119 Å². The van der Waals surface area contributed by atoms with Crippen molar-refractivity contribution in [1.29, 1.82) is 0 Å². The zero-order valence-corrected chi connectivity index (χ0v) is 29.6. The number of nitrogens with zero attached hydrogens (tertiary/aromatic N) is 2. The molecule has 1 unspecified atom stereocenters. The van der Waals surface area contributed by atoms with Crippen molar-refractivity contribution in [3.8, 4) is 0 Å². The van der Waals surface area contributed by atoms with Crippen molar-refractivity contribution in [2.45, 2.75) is 62.0 Å². The zero-order valence-electron chi connectivity index (χ0n) is 25.7. The van der Waals surface area contributed by atoms with Crippen LogP contribution in [0.15, 0.2) is 112 Å². The number of halogens is 3. The number of sulfonamides is 1. The minimum absolute atomic E-state index is 0.00206. The first kappa shape index (κ1) is 35.0. The van der Waals surface area contributed by atoms with Crippen molar-refractivity contribution in [2.24, 2.45) is 0 Å². The van der Waals surface area contributed by atoms with Gasteiger partial charge in [-0.15, -0.1) is 0 Å². The van der Waals surface area contributed by atoms with Gasteiger partial charge in [0.1, 0.15) is 12.6 Å². The molecular weight excluding hydrogens is 721 g/mol. The lowest BCUT2D eigenvalue weighted by Gasteiger charge is -2.35. The maximum atomic E-state index is 14.7. The van der Waals surface area contributed by atoms with Gasteiger partial charge in [-0.25, -0.2) is 8.42 Å². The highest BCUT2D eigenvalue weighted by Crippen LogP contribution is 2.29. The summed E-state index contributed by atoms with van der Waals surface area (Å²) in [6.07, 6.45) is 5.13. The first-order chi connectivity index (χ1) is 22.6. The van der Waals surface area contributed by atoms with Gasteiger partial charge in [0.05, 0.1) is 10.6 Å². The average molecular weight is 758 g/mol. The van der Waals surface area contributed by atoms with Gasteiger partial charge in [-0.05, 0) is 66.4 Å². The molecule has 1 saturated carbocycles. The number of hydrogen-bond acceptors (Lipinski definition) is 4. The Hall–Kier alpha value is -3.37. The van der Waals surface area contributed by atoms with Crippen LogP contribution in [0.2, 0.25) is 10.0 Å². The van der Waals surface area contributed by atoms with Gasteiger partial charge < -0.3 is 10.2 Å². The van der Waals surface area contributed by atoms with Crippen LogP contribution < -0.4 is 9.62 Å². The molecule has 1 N–H and O–H groups in total. The topological polar surface area (TPSA) is 86.8 Å². The van der Waals surface area contributed by atoms with Crippen molar-refractivity contribution >= 4 is 66.7 Å². The minimum Gasteiger partial charge on any atom is -0.352 e. The summed E-state index contributed by atoms with van der Waals surface area (Å²) < 4.78 is 30.0. The molecule has 5 rings (SSSR count). The summed E-state index contributed by atoms with van der Waals surface area (Å²) in [5.74, 6) is -0.852. The zero-order chi connectivity index (χ0) is 33.4. The second kappa shape index (κ2) is 16.2. The number of nitrogens with one attached hydrogen (secondary N) is 1. The smallest absolute Gasteiger partial charge is 0.264 e. The molecule has 0 bridgehead atoms. The number of carbonyl (C=O) groups excluding carboxylic acids is 2. The summed E-state index contributed by atoms with van der Waals surface area (Å²) >= 11 is 16.2. The average Bonchev–Trinajstić information content (AvgIpc) is 3.07. The van der Waals surface area contributed by atoms with E-state index in [0.29, 0.717) is 25.8 Å². The van der Waals surface area contributed by atoms with Gasteiger partial charge >= 0.3 is 0 Å². The molecule has 0 heterocycles. The normalized spacial score (nSPS) is 14.3. The van der Waals surface area contributed by atoms with E-state index >= 15 is 0 Å². The molecular formula is C36H36BrCl2N3O4S. The molecule has 0 saturated heterocycles. The standard InChI is InChI=1S/C36H36BrCl2N3O4S/c37-28-13-10-16-31(22-28)42(47(45,46)32-17-8-3-9-18-32)25-35(43)41(24-27-19-20-29(38)23-33(27)39)34(21-26-11-4-1-5-12-26)36(44)40-30-14-6-2-7-15-30/h1,3-5,8-13,16-20,22-23,30,34H,2,6-7,14-15,21,24-25H2,(H,40,44). The van der Waals surface area contributed by atoms with E-state index in [1.54, 1.807) is 60.7 Å². The Balaban J connectivity index is 1.58. The van der Waals surface area contributed by atoms with Gasteiger partial charge in [-0.3, -0.25) is 13.9 Å². The van der Waals surface area contributed by atoms with E-state index in [2.05, 4.69) is 21.2 Å². The van der Waals surface area contributed by atoms with E-state index in [1.165, 1.54) is 17.0 Å². The van der Waals surface area contributed by atoms with Crippen LogP contribution in [0.3, 0.4) is 0 Å². The maximum Gasteiger partial charge on any atom is 0.264 e. The van der Waals surface area contributed by atoms with Crippen molar-refractivity contribution < 1.29 is 18.0 Å². The monoisotopic (exact) mass is 755 g/mol. The number of rotatable bonds is 12. The summed E-state index contributed by atoms with van der Waals surface area (Å²) in [5.41, 5.74) is 1.73. The molecule has 47 heavy (non-hydrogen) atoms. The fourth-order valence-electron chi connectivity index (χ4n) is 5.81. The van der Waals surface area contributed by atoms with E-state index in [9.17, 15) is 18.0 Å². The minimum atomic E-state index is -4.19. The molecule has 1 aliphatic carbocycles. The third kappa shape index (κ3) is 9.16. The van der Waals surface area contributed by atoms with Crippen LogP contribution in [0.4, 0.5) is 5.69 Å². The molecule has 0 radical (unpaired) electrons. The van der Waals surface area contributed by atoms with E-state index in [1.807, 2.05) is 30.3 Å². The molecule has 7 nitrogen and oxygen atoms in total. The fraction of sp³-hybridized carbons (Fsp3) is 0.278. The van der Waals surface area contributed by atoms with Crippen LogP contribution in [-0.4, -0.2) is 43.8 Å². The van der Waals surface area contributed by atoms with Crippen molar-refractivity contribution in [1.82, 2.24) is 10.2 Å². The quantitative estimate of drug-likeness (QED) is 0.159. The Morgan fingerprint density at radius 1 is 0.851 bits per heavy atom. The molecule has 0 aromatic heterocycles. The fourth-order valence-corrected chi connectivity index (χ4v) is 8.09. The third-order valence-electron chi connectivity index (χ3n) is 8.28. The van der Waals surface area contributed by atoms with Crippen LogP contribution in [0, 0.1) is 0 Å². The predicted molar refractivity (Wildman–Crippen MR) is 191 cm³/mol. The molecule has 1 atom stereocenters. The number of benzene rings is 4. The predicted octanol–water partition coefficient (Wildman–Crippen LogP) is 8.04. The van der Waals surface area contributed by atoms with Gasteiger partial charge in [0, 0.05) is 33.5 Å². The molecule has 1 fully saturated rings. The Kier molecular flexibility index (Phi) is 12.0. The van der Waals surface area contributed by atoms with Crippen LogP contribution >= 0.6 is 39.1 Å². The van der Waals surface area contributed by atoms with Gasteiger partial charge in [-0.2, -0.15) is 0 Å². The summed E-state index contributed by atoms with van der Waals surface area (Å²) in [7, 11) is -4.19. The highest BCUT2D eigenvalue weighted by atomic mass is 79.9. The van der Waals surface area contributed by atoms with Crippen molar-refractivity contribution in [2.75, 3.05) is 10.8 Å². The van der Waals surface area contributed by atoms with E-state index in [0.717, 1.165) is 42.0 Å². The highest BCUT2D eigenvalue weighted by molar-refractivity contribution is 9.10. The summed E-state index contributed by atoms with van der Waals surface area (Å²) in [6, 6.07) is 28.2. The molecule has 1 aliphatic rings. The summed E-state index contributed by atoms with van der Waals surface area (Å²) in [5, 5.41) is 3.98. The van der Waals surface area contributed by atoms with Crippen LogP contribution in [0.1, 0.15) is 43.2 Å². The summed E-state index contributed by atoms with van der Waals surface area (Å²) in [6.45, 7) is -0.594. The molecule has 4 aromatic carbocycles. The van der Waals surface area contributed by atoms with E-state index < -0.39 is 28.5 Å². The Morgan fingerprint density at radius 3 is 2.19 bits per heavy atom. The van der Waals surface area contributed by atoms with Crippen molar-refractivity contribution in [3.63, 3.8) is 0 Å². The van der Waals surface area contributed by atoms with Gasteiger partial charge in [0.25, 0.3) is 10.0 Å². The second-order valence-electron chi connectivity index (χ2n) is 11.6. The number of amides is 2.